The first-order chi connectivity index (χ1) is 21.7. The molecule has 0 aliphatic rings. The minimum atomic E-state index is -4.80. The van der Waals surface area contributed by atoms with E-state index in [-0.39, 0.29) is 19.4 Å². The SMILES string of the molecule is CCCCC/C=C\C/C=C\C/C=C\C=C\[C@H](O)CCCC(=O)O[C@H](COC(=O)CCCCCCCCCCC)COP(=O)(O)O. The van der Waals surface area contributed by atoms with E-state index in [2.05, 4.69) is 42.7 Å². The second-order valence-electron chi connectivity index (χ2n) is 11.3. The van der Waals surface area contributed by atoms with E-state index in [0.29, 0.717) is 19.3 Å². The van der Waals surface area contributed by atoms with Crippen LogP contribution in [-0.4, -0.2) is 52.3 Å². The Hall–Kier alpha value is -2.03. The molecule has 0 radical (unpaired) electrons. The van der Waals surface area contributed by atoms with Crippen LogP contribution in [-0.2, 0) is 28.2 Å². The maximum Gasteiger partial charge on any atom is 0.469 e. The van der Waals surface area contributed by atoms with Crippen LogP contribution in [0.2, 0.25) is 0 Å². The summed E-state index contributed by atoms with van der Waals surface area (Å²) in [6.07, 6.45) is 31.6. The number of ether oxygens (including phenoxy) is 2. The fourth-order valence-electron chi connectivity index (χ4n) is 4.36. The number of aliphatic hydroxyl groups is 1. The van der Waals surface area contributed by atoms with Crippen LogP contribution < -0.4 is 0 Å². The Kier molecular flexibility index (Phi) is 29.2. The molecule has 0 saturated heterocycles. The molecule has 260 valence electrons. The highest BCUT2D eigenvalue weighted by Gasteiger charge is 2.23. The van der Waals surface area contributed by atoms with E-state index in [1.807, 2.05) is 12.2 Å². The van der Waals surface area contributed by atoms with Crippen molar-refractivity contribution in [3.63, 3.8) is 0 Å². The number of phosphoric acid groups is 1. The van der Waals surface area contributed by atoms with Crippen LogP contribution in [0, 0.1) is 0 Å². The molecule has 0 bridgehead atoms. The smallest absolute Gasteiger partial charge is 0.462 e. The zero-order valence-corrected chi connectivity index (χ0v) is 28.8. The summed E-state index contributed by atoms with van der Waals surface area (Å²) in [5.41, 5.74) is 0. The Morgan fingerprint density at radius 3 is 1.93 bits per heavy atom. The molecule has 0 aromatic rings. The molecule has 0 aliphatic heterocycles. The molecule has 0 saturated carbocycles. The molecule has 0 aromatic heterocycles. The number of carbonyl (C=O) groups is 2. The van der Waals surface area contributed by atoms with Gasteiger partial charge >= 0.3 is 19.8 Å². The zero-order valence-electron chi connectivity index (χ0n) is 27.9. The minimum Gasteiger partial charge on any atom is -0.462 e. The van der Waals surface area contributed by atoms with Crippen LogP contribution in [0.15, 0.2) is 48.6 Å². The van der Waals surface area contributed by atoms with Crippen molar-refractivity contribution in [2.75, 3.05) is 13.2 Å². The third-order valence-electron chi connectivity index (χ3n) is 6.95. The summed E-state index contributed by atoms with van der Waals surface area (Å²) in [6, 6.07) is 0. The Morgan fingerprint density at radius 2 is 1.27 bits per heavy atom. The number of unbranched alkanes of at least 4 members (excludes halogenated alkanes) is 11. The topological polar surface area (TPSA) is 140 Å². The molecule has 0 aliphatic carbocycles. The number of allylic oxidation sites excluding steroid dienone is 7. The molecule has 9 nitrogen and oxygen atoms in total. The van der Waals surface area contributed by atoms with Crippen LogP contribution in [0.25, 0.3) is 0 Å². The van der Waals surface area contributed by atoms with Crippen LogP contribution >= 0.6 is 7.82 Å². The quantitative estimate of drug-likeness (QED) is 0.0228. The molecular weight excluding hydrogens is 595 g/mol. The average molecular weight is 657 g/mol. The summed E-state index contributed by atoms with van der Waals surface area (Å²) < 4.78 is 26.0. The first kappa shape index (κ1) is 43.0. The Labute approximate surface area is 272 Å². The van der Waals surface area contributed by atoms with Crippen LogP contribution in [0.4, 0.5) is 0 Å². The first-order valence-electron chi connectivity index (χ1n) is 17.0. The molecule has 0 spiro atoms. The maximum atomic E-state index is 12.3. The van der Waals surface area contributed by atoms with Gasteiger partial charge in [0.25, 0.3) is 0 Å². The van der Waals surface area contributed by atoms with E-state index < -0.39 is 38.6 Å². The lowest BCUT2D eigenvalue weighted by Crippen LogP contribution is -2.29. The monoisotopic (exact) mass is 656 g/mol. The number of aliphatic hydroxyl groups excluding tert-OH is 1. The number of rotatable bonds is 30. The summed E-state index contributed by atoms with van der Waals surface area (Å²) in [7, 11) is -4.80. The molecule has 0 unspecified atom stereocenters. The fourth-order valence-corrected chi connectivity index (χ4v) is 4.72. The molecule has 0 rings (SSSR count). The van der Waals surface area contributed by atoms with E-state index in [4.69, 9.17) is 19.3 Å². The average Bonchev–Trinajstić information content (AvgIpc) is 2.99. The molecule has 10 heteroatoms. The molecule has 3 N–H and O–H groups in total. The summed E-state index contributed by atoms with van der Waals surface area (Å²) >= 11 is 0. The molecule has 45 heavy (non-hydrogen) atoms. The van der Waals surface area contributed by atoms with E-state index in [1.165, 1.54) is 51.4 Å². The highest BCUT2D eigenvalue weighted by molar-refractivity contribution is 7.46. The Balaban J connectivity index is 4.26. The van der Waals surface area contributed by atoms with Crippen molar-refractivity contribution in [1.82, 2.24) is 0 Å². The lowest BCUT2D eigenvalue weighted by molar-refractivity contribution is -0.161. The second kappa shape index (κ2) is 30.6. The fraction of sp³-hybridized carbons (Fsp3) is 0.714. The molecule has 0 fully saturated rings. The highest BCUT2D eigenvalue weighted by atomic mass is 31.2. The van der Waals surface area contributed by atoms with Crippen molar-refractivity contribution in [3.05, 3.63) is 48.6 Å². The van der Waals surface area contributed by atoms with Gasteiger partial charge in [-0.3, -0.25) is 14.1 Å². The molecule has 0 aromatic carbocycles. The number of hydrogen-bond acceptors (Lipinski definition) is 7. The van der Waals surface area contributed by atoms with Crippen molar-refractivity contribution in [1.29, 1.82) is 0 Å². The second-order valence-corrected chi connectivity index (χ2v) is 12.6. The van der Waals surface area contributed by atoms with E-state index in [9.17, 15) is 19.3 Å². The van der Waals surface area contributed by atoms with E-state index >= 15 is 0 Å². The first-order valence-corrected chi connectivity index (χ1v) is 18.6. The Morgan fingerprint density at radius 1 is 0.689 bits per heavy atom. The molecule has 2 atom stereocenters. The largest absolute Gasteiger partial charge is 0.469 e. The predicted molar refractivity (Wildman–Crippen MR) is 180 cm³/mol. The van der Waals surface area contributed by atoms with Gasteiger partial charge in [0.05, 0.1) is 12.7 Å². The summed E-state index contributed by atoms with van der Waals surface area (Å²) in [5.74, 6) is -1.09. The van der Waals surface area contributed by atoms with Crippen molar-refractivity contribution < 1.29 is 43.0 Å². The van der Waals surface area contributed by atoms with Gasteiger partial charge in [-0.2, -0.15) is 0 Å². The van der Waals surface area contributed by atoms with E-state index in [1.54, 1.807) is 12.2 Å². The van der Waals surface area contributed by atoms with Crippen LogP contribution in [0.1, 0.15) is 136 Å². The normalized spacial score (nSPS) is 13.8. The van der Waals surface area contributed by atoms with Crippen molar-refractivity contribution in [2.24, 2.45) is 0 Å². The summed E-state index contributed by atoms with van der Waals surface area (Å²) in [5, 5.41) is 10.1. The van der Waals surface area contributed by atoms with Gasteiger partial charge in [-0.05, 0) is 44.9 Å². The van der Waals surface area contributed by atoms with Gasteiger partial charge in [0.2, 0.25) is 0 Å². The van der Waals surface area contributed by atoms with Gasteiger partial charge < -0.3 is 24.4 Å². The third-order valence-corrected chi connectivity index (χ3v) is 7.44. The summed E-state index contributed by atoms with van der Waals surface area (Å²) in [6.45, 7) is 3.43. The number of hydrogen-bond donors (Lipinski definition) is 3. The zero-order chi connectivity index (χ0) is 33.4. The van der Waals surface area contributed by atoms with Gasteiger partial charge in [0.1, 0.15) is 6.61 Å². The lowest BCUT2D eigenvalue weighted by Gasteiger charge is -2.18. The predicted octanol–water partition coefficient (Wildman–Crippen LogP) is 8.59. The van der Waals surface area contributed by atoms with Crippen molar-refractivity contribution >= 4 is 19.8 Å². The molecule has 0 amide bonds. The summed E-state index contributed by atoms with van der Waals surface area (Å²) in [4.78, 5) is 42.5. The van der Waals surface area contributed by atoms with Gasteiger partial charge in [-0.25, -0.2) is 4.57 Å². The van der Waals surface area contributed by atoms with Gasteiger partial charge in [0, 0.05) is 12.8 Å². The van der Waals surface area contributed by atoms with Gasteiger partial charge in [0.15, 0.2) is 6.10 Å². The van der Waals surface area contributed by atoms with Crippen LogP contribution in [0.5, 0.6) is 0 Å². The lowest BCUT2D eigenvalue weighted by atomic mass is 10.1. The number of phosphoric ester groups is 1. The van der Waals surface area contributed by atoms with Crippen LogP contribution in [0.3, 0.4) is 0 Å². The maximum absolute atomic E-state index is 12.3. The van der Waals surface area contributed by atoms with Crippen molar-refractivity contribution in [3.8, 4) is 0 Å². The Bertz CT molecular complexity index is 892. The molecule has 0 heterocycles. The third kappa shape index (κ3) is 33.2. The molecular formula is C35H61O9P. The van der Waals surface area contributed by atoms with E-state index in [0.717, 1.165) is 38.5 Å². The number of esters is 2. The van der Waals surface area contributed by atoms with Gasteiger partial charge in [-0.15, -0.1) is 0 Å². The minimum absolute atomic E-state index is 0.0165. The number of carbonyl (C=O) groups excluding carboxylic acids is 2. The van der Waals surface area contributed by atoms with Gasteiger partial charge in [-0.1, -0.05) is 127 Å². The highest BCUT2D eigenvalue weighted by Crippen LogP contribution is 2.35. The van der Waals surface area contributed by atoms with Crippen molar-refractivity contribution in [2.45, 2.75) is 148 Å². The standard InChI is InChI=1S/C35H61O9P/c1-3-5-7-9-11-13-14-15-16-18-19-21-23-26-32(36)27-25-29-35(38)44-33(31-43-45(39,40)41)30-42-34(37)28-24-22-20-17-12-10-8-6-4-2/h11,13,15-16,19,21,23,26,32-33,36H,3-10,12,14,17-18,20,22,24-25,27-31H2,1-2H3,(H2,39,40,41)/b13-11-,16-15-,21-19-,26-23+/t32-,33+/m0/s1.